The third-order valence-corrected chi connectivity index (χ3v) is 4.51. The smallest absolute Gasteiger partial charge is 0.290 e. The van der Waals surface area contributed by atoms with Gasteiger partial charge in [0.05, 0.1) is 5.69 Å². The molecule has 0 aliphatic carbocycles. The van der Waals surface area contributed by atoms with Crippen molar-refractivity contribution in [1.29, 1.82) is 0 Å². The van der Waals surface area contributed by atoms with Gasteiger partial charge >= 0.3 is 0 Å². The van der Waals surface area contributed by atoms with Crippen molar-refractivity contribution in [3.63, 3.8) is 0 Å². The zero-order valence-corrected chi connectivity index (χ0v) is 17.6. The van der Waals surface area contributed by atoms with Crippen LogP contribution in [0.25, 0.3) is 11.3 Å². The molecule has 1 aromatic heterocycles. The first-order valence-electron chi connectivity index (χ1n) is 9.66. The summed E-state index contributed by atoms with van der Waals surface area (Å²) in [6.07, 6.45) is 3.02. The van der Waals surface area contributed by atoms with Crippen molar-refractivity contribution < 1.29 is 24.6 Å². The summed E-state index contributed by atoms with van der Waals surface area (Å²) >= 11 is 0. The molecule has 3 rings (SSSR count). The molecule has 0 saturated carbocycles. The lowest BCUT2D eigenvalue weighted by molar-refractivity contribution is -0.123. The number of aromatic nitrogens is 2. The lowest BCUT2D eigenvalue weighted by atomic mass is 10.1. The van der Waals surface area contributed by atoms with Crippen LogP contribution in [-0.4, -0.2) is 70.1 Å². The number of carbonyl (C=O) groups is 3. The number of rotatable bonds is 6. The van der Waals surface area contributed by atoms with Crippen LogP contribution < -0.4 is 16.8 Å². The molecular weight excluding hydrogens is 416 g/mol. The van der Waals surface area contributed by atoms with Crippen molar-refractivity contribution in [2.24, 2.45) is 5.92 Å². The topological polar surface area (TPSA) is 185 Å². The Bertz CT molecular complexity index is 864. The van der Waals surface area contributed by atoms with Crippen molar-refractivity contribution in [3.8, 4) is 11.3 Å². The number of nitrogen functional groups attached to an aromatic ring is 2. The number of carboxylic acid groups (broad SMARTS) is 2. The van der Waals surface area contributed by atoms with Gasteiger partial charge in [0.1, 0.15) is 5.82 Å². The van der Waals surface area contributed by atoms with E-state index >= 15 is 0 Å². The van der Waals surface area contributed by atoms with E-state index in [1.807, 2.05) is 18.2 Å². The van der Waals surface area contributed by atoms with Crippen molar-refractivity contribution >= 4 is 30.6 Å². The molecule has 11 nitrogen and oxygen atoms in total. The number of likely N-dealkylation sites (tertiary alicyclic amines) is 1. The van der Waals surface area contributed by atoms with E-state index in [9.17, 15) is 4.79 Å². The van der Waals surface area contributed by atoms with Crippen LogP contribution in [0.1, 0.15) is 16.8 Å². The second-order valence-electron chi connectivity index (χ2n) is 6.74. The van der Waals surface area contributed by atoms with Gasteiger partial charge < -0.3 is 27.0 Å². The second kappa shape index (κ2) is 14.1. The quantitative estimate of drug-likeness (QED) is 0.317. The molecule has 1 aliphatic heterocycles. The zero-order valence-electron chi connectivity index (χ0n) is 17.6. The predicted molar refractivity (Wildman–Crippen MR) is 121 cm³/mol. The highest BCUT2D eigenvalue weighted by Gasteiger charge is 2.21. The van der Waals surface area contributed by atoms with Crippen molar-refractivity contribution in [3.05, 3.63) is 48.6 Å². The molecule has 0 radical (unpaired) electrons. The monoisotopic (exact) mass is 444 g/mol. The summed E-state index contributed by atoms with van der Waals surface area (Å²) in [4.78, 5) is 39.4. The van der Waals surface area contributed by atoms with Crippen LogP contribution in [0, 0.1) is 5.92 Å². The van der Waals surface area contributed by atoms with E-state index < -0.39 is 0 Å². The lowest BCUT2D eigenvalue weighted by Crippen LogP contribution is -2.31. The fraction of sp³-hybridized carbons (Fsp3) is 0.286. The number of nitrogens with zero attached hydrogens (tertiary/aromatic N) is 3. The molecule has 1 atom stereocenters. The van der Waals surface area contributed by atoms with Gasteiger partial charge in [-0.15, -0.1) is 6.58 Å². The van der Waals surface area contributed by atoms with E-state index in [0.717, 1.165) is 31.6 Å². The SMILES string of the molecule is C=CCN1CCC(CNC(=O)c2ccc(-c3cc(N)nc(N)n3)cc2)C1.O=CO.O=CO. The van der Waals surface area contributed by atoms with Gasteiger partial charge in [-0.05, 0) is 31.0 Å². The molecule has 0 spiro atoms. The largest absolute Gasteiger partial charge is 0.483 e. The second-order valence-corrected chi connectivity index (χ2v) is 6.74. The Balaban J connectivity index is 0.000000769. The standard InChI is InChI=1S/C19H24N6O.2CH2O2/c1-2-8-25-9-7-13(12-25)11-22-18(26)15-5-3-14(4-6-15)16-10-17(20)24-19(21)23-16;2*2-1-3/h2-6,10,13H,1,7-9,11-12H2,(H,22,26)(H4,20,21,23,24);2*1H,(H,2,3). The molecule has 1 fully saturated rings. The average Bonchev–Trinajstić information content (AvgIpc) is 3.20. The number of nitrogens with one attached hydrogen (secondary N) is 1. The summed E-state index contributed by atoms with van der Waals surface area (Å²) in [5, 5.41) is 16.8. The Morgan fingerprint density at radius 1 is 1.19 bits per heavy atom. The lowest BCUT2D eigenvalue weighted by Gasteiger charge is -2.14. The normalized spacial score (nSPS) is 14.7. The summed E-state index contributed by atoms with van der Waals surface area (Å²) < 4.78 is 0. The third-order valence-electron chi connectivity index (χ3n) is 4.51. The van der Waals surface area contributed by atoms with Crippen LogP contribution in [0.3, 0.4) is 0 Å². The van der Waals surface area contributed by atoms with Crippen molar-refractivity contribution in [1.82, 2.24) is 20.2 Å². The number of nitrogens with two attached hydrogens (primary N) is 2. The first-order valence-corrected chi connectivity index (χ1v) is 9.66. The molecule has 32 heavy (non-hydrogen) atoms. The Labute approximate surface area is 185 Å². The van der Waals surface area contributed by atoms with Crippen LogP contribution in [0.2, 0.25) is 0 Å². The minimum atomic E-state index is -0.250. The third kappa shape index (κ3) is 8.79. The maximum absolute atomic E-state index is 12.4. The van der Waals surface area contributed by atoms with Crippen LogP contribution in [0.4, 0.5) is 11.8 Å². The molecule has 1 amide bonds. The van der Waals surface area contributed by atoms with Crippen LogP contribution in [0.15, 0.2) is 43.0 Å². The maximum atomic E-state index is 12.4. The molecule has 7 N–H and O–H groups in total. The van der Waals surface area contributed by atoms with Crippen molar-refractivity contribution in [2.75, 3.05) is 37.6 Å². The van der Waals surface area contributed by atoms with Gasteiger partial charge in [-0.25, -0.2) is 4.98 Å². The minimum absolute atomic E-state index is 0.0690. The molecule has 2 heterocycles. The molecule has 2 aromatic rings. The Morgan fingerprint density at radius 2 is 1.81 bits per heavy atom. The highest BCUT2D eigenvalue weighted by molar-refractivity contribution is 5.94. The fourth-order valence-electron chi connectivity index (χ4n) is 3.19. The van der Waals surface area contributed by atoms with E-state index in [1.54, 1.807) is 18.2 Å². The molecule has 172 valence electrons. The maximum Gasteiger partial charge on any atom is 0.290 e. The molecule has 1 aromatic carbocycles. The molecule has 1 unspecified atom stereocenters. The van der Waals surface area contributed by atoms with Gasteiger partial charge in [0, 0.05) is 36.8 Å². The molecule has 11 heteroatoms. The molecular formula is C21H28N6O5. The number of amides is 1. The predicted octanol–water partition coefficient (Wildman–Crippen LogP) is 0.947. The number of hydrogen-bond acceptors (Lipinski definition) is 8. The average molecular weight is 444 g/mol. The van der Waals surface area contributed by atoms with Crippen LogP contribution in [-0.2, 0) is 9.59 Å². The zero-order chi connectivity index (χ0) is 23.9. The fourth-order valence-corrected chi connectivity index (χ4v) is 3.19. The Morgan fingerprint density at radius 3 is 2.38 bits per heavy atom. The first-order chi connectivity index (χ1) is 15.4. The Kier molecular flexibility index (Phi) is 11.5. The molecule has 0 bridgehead atoms. The van der Waals surface area contributed by atoms with E-state index in [4.69, 9.17) is 31.3 Å². The van der Waals surface area contributed by atoms with E-state index in [1.165, 1.54) is 0 Å². The molecule has 1 saturated heterocycles. The van der Waals surface area contributed by atoms with Gasteiger partial charge in [-0.1, -0.05) is 18.2 Å². The van der Waals surface area contributed by atoms with E-state index in [2.05, 4.69) is 26.8 Å². The highest BCUT2D eigenvalue weighted by atomic mass is 16.3. The van der Waals surface area contributed by atoms with Crippen LogP contribution >= 0.6 is 0 Å². The van der Waals surface area contributed by atoms with Gasteiger partial charge in [0.25, 0.3) is 18.9 Å². The van der Waals surface area contributed by atoms with Gasteiger partial charge in [-0.2, -0.15) is 4.98 Å². The highest BCUT2D eigenvalue weighted by Crippen LogP contribution is 2.20. The number of hydrogen-bond donors (Lipinski definition) is 5. The van der Waals surface area contributed by atoms with Crippen molar-refractivity contribution in [2.45, 2.75) is 6.42 Å². The van der Waals surface area contributed by atoms with Crippen LogP contribution in [0.5, 0.6) is 0 Å². The summed E-state index contributed by atoms with van der Waals surface area (Å²) in [5.74, 6) is 0.867. The number of anilines is 2. The summed E-state index contributed by atoms with van der Waals surface area (Å²) in [5.41, 5.74) is 13.4. The Hall–Kier alpha value is -3.99. The molecule has 1 aliphatic rings. The van der Waals surface area contributed by atoms with Gasteiger partial charge in [0.2, 0.25) is 5.95 Å². The summed E-state index contributed by atoms with van der Waals surface area (Å²) in [6, 6.07) is 8.87. The minimum Gasteiger partial charge on any atom is -0.483 e. The summed E-state index contributed by atoms with van der Waals surface area (Å²) in [7, 11) is 0. The summed E-state index contributed by atoms with van der Waals surface area (Å²) in [6.45, 7) is 6.93. The van der Waals surface area contributed by atoms with Gasteiger partial charge in [-0.3, -0.25) is 19.3 Å². The van der Waals surface area contributed by atoms with Gasteiger partial charge in [0.15, 0.2) is 0 Å². The van der Waals surface area contributed by atoms with E-state index in [0.29, 0.717) is 29.5 Å². The first kappa shape index (κ1) is 26.0. The van der Waals surface area contributed by atoms with E-state index in [-0.39, 0.29) is 24.8 Å². The number of carbonyl (C=O) groups excluding carboxylic acids is 1. The number of benzene rings is 1.